The van der Waals surface area contributed by atoms with Crippen LogP contribution in [-0.2, 0) is 4.79 Å². The normalized spacial score (nSPS) is 22.5. The SMILES string of the molecule is C.Cc1cccc(C(=O)N[C@@H](CSc2ccccc2)[C@H](O)CN2C[C@H]3CCCC[C@H]3C[C@H]2C(=O)NC(C)(C)C)c1C. The van der Waals surface area contributed by atoms with Crippen LogP contribution < -0.4 is 10.6 Å². The average Bonchev–Trinajstić information content (AvgIpc) is 2.91. The van der Waals surface area contributed by atoms with E-state index in [1.54, 1.807) is 11.8 Å². The number of nitrogens with one attached hydrogen (secondary N) is 2. The van der Waals surface area contributed by atoms with Gasteiger partial charge >= 0.3 is 0 Å². The first-order chi connectivity index (χ1) is 19.0. The van der Waals surface area contributed by atoms with E-state index in [-0.39, 0.29) is 30.8 Å². The summed E-state index contributed by atoms with van der Waals surface area (Å²) in [5.41, 5.74) is 2.32. The second kappa shape index (κ2) is 14.7. The second-order valence-electron chi connectivity index (χ2n) is 12.8. The van der Waals surface area contributed by atoms with E-state index in [1.807, 2.05) is 83.1 Å². The quantitative estimate of drug-likeness (QED) is 0.317. The van der Waals surface area contributed by atoms with Crippen LogP contribution in [0.2, 0.25) is 0 Å². The molecule has 1 aliphatic heterocycles. The molecule has 2 fully saturated rings. The summed E-state index contributed by atoms with van der Waals surface area (Å²) in [6.45, 7) is 11.1. The third kappa shape index (κ3) is 9.07. The number of carbonyl (C=O) groups excluding carboxylic acids is 2. The molecule has 2 aromatic rings. The maximum atomic E-state index is 13.5. The van der Waals surface area contributed by atoms with Gasteiger partial charge in [-0.2, -0.15) is 0 Å². The molecule has 5 atom stereocenters. The molecule has 1 heterocycles. The van der Waals surface area contributed by atoms with E-state index >= 15 is 0 Å². The Labute approximate surface area is 252 Å². The zero-order chi connectivity index (χ0) is 28.9. The van der Waals surface area contributed by atoms with Gasteiger partial charge in [0.15, 0.2) is 0 Å². The van der Waals surface area contributed by atoms with Gasteiger partial charge in [-0.1, -0.05) is 57.0 Å². The van der Waals surface area contributed by atoms with Crippen LogP contribution in [0.25, 0.3) is 0 Å². The van der Waals surface area contributed by atoms with Gasteiger partial charge < -0.3 is 15.7 Å². The third-order valence-electron chi connectivity index (χ3n) is 8.53. The van der Waals surface area contributed by atoms with Gasteiger partial charge in [-0.25, -0.2) is 0 Å². The van der Waals surface area contributed by atoms with Crippen molar-refractivity contribution in [2.75, 3.05) is 18.8 Å². The van der Waals surface area contributed by atoms with Gasteiger partial charge in [0.05, 0.1) is 18.2 Å². The predicted molar refractivity (Wildman–Crippen MR) is 170 cm³/mol. The summed E-state index contributed by atoms with van der Waals surface area (Å²) in [7, 11) is 0. The van der Waals surface area contributed by atoms with Gasteiger partial charge in [0.1, 0.15) is 0 Å². The maximum absolute atomic E-state index is 13.5. The first-order valence-electron chi connectivity index (χ1n) is 14.8. The van der Waals surface area contributed by atoms with Crippen molar-refractivity contribution in [2.45, 2.75) is 103 Å². The predicted octanol–water partition coefficient (Wildman–Crippen LogP) is 5.99. The van der Waals surface area contributed by atoms with Crippen LogP contribution >= 0.6 is 11.8 Å². The molecule has 7 heteroatoms. The summed E-state index contributed by atoms with van der Waals surface area (Å²) in [5, 5.41) is 18.0. The van der Waals surface area contributed by atoms with Crippen LogP contribution in [0.1, 0.15) is 81.8 Å². The van der Waals surface area contributed by atoms with Gasteiger partial charge in [0.2, 0.25) is 5.91 Å². The number of thioether (sulfide) groups is 1. The molecule has 1 saturated heterocycles. The van der Waals surface area contributed by atoms with Crippen molar-refractivity contribution < 1.29 is 14.7 Å². The third-order valence-corrected chi connectivity index (χ3v) is 9.66. The number of nitrogens with zero attached hydrogens (tertiary/aromatic N) is 1. The lowest BCUT2D eigenvalue weighted by atomic mass is 9.72. The molecule has 0 aromatic heterocycles. The zero-order valence-corrected chi connectivity index (χ0v) is 25.6. The largest absolute Gasteiger partial charge is 0.390 e. The molecule has 3 N–H and O–H groups in total. The number of aliphatic hydroxyl groups excluding tert-OH is 1. The average molecular weight is 582 g/mol. The van der Waals surface area contributed by atoms with Crippen LogP contribution in [0, 0.1) is 25.7 Å². The van der Waals surface area contributed by atoms with Crippen molar-refractivity contribution in [2.24, 2.45) is 11.8 Å². The molecule has 1 aliphatic carbocycles. The molecule has 4 rings (SSSR count). The Morgan fingerprint density at radius 1 is 1.02 bits per heavy atom. The summed E-state index contributed by atoms with van der Waals surface area (Å²) in [4.78, 5) is 30.2. The minimum absolute atomic E-state index is 0. The Morgan fingerprint density at radius 3 is 2.39 bits per heavy atom. The van der Waals surface area contributed by atoms with Crippen molar-refractivity contribution >= 4 is 23.6 Å². The number of carbonyl (C=O) groups is 2. The molecule has 2 aliphatic rings. The van der Waals surface area contributed by atoms with Crippen LogP contribution in [0.3, 0.4) is 0 Å². The highest BCUT2D eigenvalue weighted by molar-refractivity contribution is 7.99. The highest BCUT2D eigenvalue weighted by Crippen LogP contribution is 2.39. The molecule has 0 radical (unpaired) electrons. The number of hydrogen-bond acceptors (Lipinski definition) is 5. The number of rotatable bonds is 9. The van der Waals surface area contributed by atoms with Gasteiger partial charge in [-0.15, -0.1) is 11.8 Å². The lowest BCUT2D eigenvalue weighted by molar-refractivity contribution is -0.132. The smallest absolute Gasteiger partial charge is 0.251 e. The lowest BCUT2D eigenvalue weighted by Crippen LogP contribution is -2.60. The Kier molecular flexibility index (Phi) is 11.9. The van der Waals surface area contributed by atoms with E-state index in [9.17, 15) is 14.7 Å². The van der Waals surface area contributed by atoms with Crippen molar-refractivity contribution in [3.05, 3.63) is 65.2 Å². The van der Waals surface area contributed by atoms with Crippen molar-refractivity contribution in [1.82, 2.24) is 15.5 Å². The summed E-state index contributed by atoms with van der Waals surface area (Å²) >= 11 is 1.62. The van der Waals surface area contributed by atoms with E-state index in [0.717, 1.165) is 29.0 Å². The monoisotopic (exact) mass is 581 g/mol. The van der Waals surface area contributed by atoms with Crippen molar-refractivity contribution in [3.8, 4) is 0 Å². The fraction of sp³-hybridized carbons (Fsp3) is 0.588. The minimum atomic E-state index is -0.824. The molecule has 0 spiro atoms. The second-order valence-corrected chi connectivity index (χ2v) is 13.9. The Balaban J connectivity index is 0.00000462. The van der Waals surface area contributed by atoms with Crippen molar-refractivity contribution in [3.63, 3.8) is 0 Å². The number of hydrogen-bond donors (Lipinski definition) is 3. The summed E-state index contributed by atoms with van der Waals surface area (Å²) in [5.74, 6) is 1.51. The molecule has 2 aromatic carbocycles. The first kappa shape index (κ1) is 33.2. The molecule has 0 bridgehead atoms. The number of piperidine rings is 1. The van der Waals surface area contributed by atoms with E-state index in [4.69, 9.17) is 0 Å². The van der Waals surface area contributed by atoms with E-state index in [1.165, 1.54) is 25.7 Å². The number of amides is 2. The molecule has 226 valence electrons. The molecular formula is C34H51N3O3S. The molecule has 2 amide bonds. The summed E-state index contributed by atoms with van der Waals surface area (Å²) in [6.07, 6.45) is 4.84. The number of benzene rings is 2. The Hall–Kier alpha value is -2.35. The highest BCUT2D eigenvalue weighted by Gasteiger charge is 2.41. The number of likely N-dealkylation sites (tertiary alicyclic amines) is 1. The molecule has 0 unspecified atom stereocenters. The van der Waals surface area contributed by atoms with Crippen LogP contribution in [0.5, 0.6) is 0 Å². The fourth-order valence-electron chi connectivity index (χ4n) is 6.19. The van der Waals surface area contributed by atoms with Crippen molar-refractivity contribution in [1.29, 1.82) is 0 Å². The zero-order valence-electron chi connectivity index (χ0n) is 24.8. The number of aliphatic hydroxyl groups is 1. The Morgan fingerprint density at radius 2 is 1.71 bits per heavy atom. The number of fused-ring (bicyclic) bond motifs is 1. The highest BCUT2D eigenvalue weighted by atomic mass is 32.2. The lowest BCUT2D eigenvalue weighted by Gasteiger charge is -2.47. The molecule has 6 nitrogen and oxygen atoms in total. The number of aryl methyl sites for hydroxylation is 1. The van der Waals surface area contributed by atoms with Crippen LogP contribution in [0.4, 0.5) is 0 Å². The minimum Gasteiger partial charge on any atom is -0.390 e. The standard InChI is InChI=1S/C33H47N3O3S.CH4/c1-22-12-11-17-27(23(22)2)31(38)34-28(21-40-26-15-7-6-8-16-26)30(37)20-36-19-25-14-10-9-13-24(25)18-29(36)32(39)35-33(3,4)5;/h6-8,11-12,15-17,24-25,28-30,37H,9-10,13-14,18-21H2,1-5H3,(H,34,38)(H,35,39);1H4/t24-,25+,28-,29-,30+;/m0./s1. The van der Waals surface area contributed by atoms with Crippen LogP contribution in [0.15, 0.2) is 53.4 Å². The molecule has 41 heavy (non-hydrogen) atoms. The van der Waals surface area contributed by atoms with Crippen LogP contribution in [-0.4, -0.2) is 64.4 Å². The van der Waals surface area contributed by atoms with Gasteiger partial charge in [0, 0.05) is 34.8 Å². The molecular weight excluding hydrogens is 530 g/mol. The van der Waals surface area contributed by atoms with Gasteiger partial charge in [-0.3, -0.25) is 14.5 Å². The van der Waals surface area contributed by atoms with Gasteiger partial charge in [0.25, 0.3) is 5.91 Å². The molecule has 1 saturated carbocycles. The number of β-amino-alcohol motifs (C(OH)–C–C–N with tert-alkyl or cyclic N) is 1. The van der Waals surface area contributed by atoms with E-state index < -0.39 is 12.1 Å². The van der Waals surface area contributed by atoms with E-state index in [2.05, 4.69) is 15.5 Å². The first-order valence-corrected chi connectivity index (χ1v) is 15.8. The summed E-state index contributed by atoms with van der Waals surface area (Å²) < 4.78 is 0. The summed E-state index contributed by atoms with van der Waals surface area (Å²) in [6, 6.07) is 15.0. The maximum Gasteiger partial charge on any atom is 0.251 e. The topological polar surface area (TPSA) is 81.7 Å². The fourth-order valence-corrected chi connectivity index (χ4v) is 7.22. The van der Waals surface area contributed by atoms with Gasteiger partial charge in [-0.05, 0) is 88.6 Å². The Bertz CT molecular complexity index is 1150. The van der Waals surface area contributed by atoms with E-state index in [0.29, 0.717) is 29.7 Å².